The molecule has 2 aromatic rings. The maximum atomic E-state index is 13.4. The van der Waals surface area contributed by atoms with E-state index in [0.29, 0.717) is 44.2 Å². The average Bonchev–Trinajstić information content (AvgIpc) is 3.16. The van der Waals surface area contributed by atoms with Gasteiger partial charge in [-0.1, -0.05) is 19.1 Å². The van der Waals surface area contributed by atoms with Crippen molar-refractivity contribution in [3.05, 3.63) is 64.7 Å². The van der Waals surface area contributed by atoms with Gasteiger partial charge in [-0.2, -0.15) is 0 Å². The van der Waals surface area contributed by atoms with Crippen molar-refractivity contribution in [2.24, 2.45) is 0 Å². The van der Waals surface area contributed by atoms with Crippen molar-refractivity contribution >= 4 is 17.4 Å². The fourth-order valence-electron chi connectivity index (χ4n) is 4.89. The Morgan fingerprint density at radius 1 is 1.05 bits per heavy atom. The van der Waals surface area contributed by atoms with E-state index in [2.05, 4.69) is 4.90 Å². The zero-order chi connectivity index (χ0) is 27.2. The minimum atomic E-state index is -0.706. The summed E-state index contributed by atoms with van der Waals surface area (Å²) in [6.45, 7) is 12.2. The van der Waals surface area contributed by atoms with E-state index in [9.17, 15) is 14.7 Å². The van der Waals surface area contributed by atoms with Gasteiger partial charge in [-0.3, -0.25) is 14.5 Å². The number of morpholine rings is 1. The van der Waals surface area contributed by atoms with Gasteiger partial charge in [-0.05, 0) is 68.7 Å². The zero-order valence-electron chi connectivity index (χ0n) is 22.7. The molecule has 0 radical (unpaired) electrons. The van der Waals surface area contributed by atoms with Crippen LogP contribution in [-0.4, -0.2) is 78.7 Å². The molecule has 1 N–H and O–H groups in total. The fourth-order valence-corrected chi connectivity index (χ4v) is 4.89. The van der Waals surface area contributed by atoms with Gasteiger partial charge in [0.15, 0.2) is 0 Å². The molecule has 8 nitrogen and oxygen atoms in total. The molecule has 38 heavy (non-hydrogen) atoms. The van der Waals surface area contributed by atoms with Crippen molar-refractivity contribution < 1.29 is 28.9 Å². The number of ether oxygens (including phenoxy) is 3. The number of carbonyl (C=O) groups excluding carboxylic acids is 2. The predicted octanol–water partition coefficient (Wildman–Crippen LogP) is 4.32. The lowest BCUT2D eigenvalue weighted by Gasteiger charge is -2.31. The number of aliphatic hydroxyl groups excluding tert-OH is 1. The number of rotatable bonds is 10. The van der Waals surface area contributed by atoms with E-state index < -0.39 is 17.7 Å². The van der Waals surface area contributed by atoms with Gasteiger partial charge in [0.2, 0.25) is 0 Å². The third-order valence-electron chi connectivity index (χ3n) is 6.79. The maximum Gasteiger partial charge on any atom is 0.295 e. The number of aliphatic hydroxyl groups is 1. The van der Waals surface area contributed by atoms with E-state index in [0.717, 1.165) is 36.4 Å². The molecule has 2 saturated heterocycles. The second kappa shape index (κ2) is 12.5. The van der Waals surface area contributed by atoms with Crippen LogP contribution in [0.5, 0.6) is 11.5 Å². The molecule has 2 aliphatic heterocycles. The fraction of sp³-hybridized carbons (Fsp3) is 0.467. The second-order valence-electron chi connectivity index (χ2n) is 10.0. The second-order valence-corrected chi connectivity index (χ2v) is 10.0. The molecular formula is C30H38N2O6. The number of benzene rings is 2. The summed E-state index contributed by atoms with van der Waals surface area (Å²) in [5.41, 5.74) is 2.09. The summed E-state index contributed by atoms with van der Waals surface area (Å²) in [5.74, 6) is -0.0601. The number of likely N-dealkylation sites (tertiary alicyclic amines) is 1. The van der Waals surface area contributed by atoms with Crippen molar-refractivity contribution in [2.45, 2.75) is 46.3 Å². The molecule has 2 heterocycles. The van der Waals surface area contributed by atoms with Crippen LogP contribution in [0, 0.1) is 6.92 Å². The number of ketones is 1. The van der Waals surface area contributed by atoms with E-state index in [1.165, 1.54) is 0 Å². The van der Waals surface area contributed by atoms with Gasteiger partial charge in [0.05, 0.1) is 37.5 Å². The summed E-state index contributed by atoms with van der Waals surface area (Å²) in [7, 11) is 0. The number of carbonyl (C=O) groups is 2. The lowest BCUT2D eigenvalue weighted by molar-refractivity contribution is -0.140. The van der Waals surface area contributed by atoms with Crippen molar-refractivity contribution in [2.75, 3.05) is 46.0 Å². The standard InChI is InChI=1S/C30H38N2O6/c1-5-16-37-23-8-6-22(7-9-23)27-26(28(33)25-11-10-24(19-21(25)4)38-20(2)3)29(34)30(35)32(27)13-12-31-14-17-36-18-15-31/h6-11,19-20,27,33H,5,12-18H2,1-4H3. The van der Waals surface area contributed by atoms with Crippen molar-refractivity contribution in [1.82, 2.24) is 9.80 Å². The number of nitrogens with zero attached hydrogens (tertiary/aromatic N) is 2. The molecule has 1 amide bonds. The Kier molecular flexibility index (Phi) is 9.07. The van der Waals surface area contributed by atoms with Crippen LogP contribution in [0.15, 0.2) is 48.0 Å². The van der Waals surface area contributed by atoms with E-state index in [-0.39, 0.29) is 17.4 Å². The topological polar surface area (TPSA) is 88.5 Å². The molecule has 204 valence electrons. The summed E-state index contributed by atoms with van der Waals surface area (Å²) in [6.07, 6.45) is 0.902. The summed E-state index contributed by atoms with van der Waals surface area (Å²) < 4.78 is 16.9. The normalized spacial score (nSPS) is 19.8. The van der Waals surface area contributed by atoms with Crippen LogP contribution in [0.2, 0.25) is 0 Å². The maximum absolute atomic E-state index is 13.4. The van der Waals surface area contributed by atoms with Crippen molar-refractivity contribution in [1.29, 1.82) is 0 Å². The number of Topliss-reactive ketones (excluding diaryl/α,β-unsaturated/α-hetero) is 1. The molecule has 0 aromatic heterocycles. The smallest absolute Gasteiger partial charge is 0.295 e. The van der Waals surface area contributed by atoms with Crippen LogP contribution in [0.3, 0.4) is 0 Å². The predicted molar refractivity (Wildman–Crippen MR) is 145 cm³/mol. The van der Waals surface area contributed by atoms with Crippen LogP contribution in [-0.2, 0) is 14.3 Å². The number of hydrogen-bond acceptors (Lipinski definition) is 7. The molecule has 0 saturated carbocycles. The Bertz CT molecular complexity index is 1170. The van der Waals surface area contributed by atoms with E-state index in [4.69, 9.17) is 14.2 Å². The highest BCUT2D eigenvalue weighted by Gasteiger charge is 2.46. The first-order valence-electron chi connectivity index (χ1n) is 13.4. The van der Waals surface area contributed by atoms with E-state index in [1.807, 2.05) is 58.0 Å². The van der Waals surface area contributed by atoms with Crippen LogP contribution in [0.1, 0.15) is 49.9 Å². The highest BCUT2D eigenvalue weighted by Crippen LogP contribution is 2.40. The van der Waals surface area contributed by atoms with Gasteiger partial charge in [-0.25, -0.2) is 0 Å². The summed E-state index contributed by atoms with van der Waals surface area (Å²) in [5, 5.41) is 11.5. The van der Waals surface area contributed by atoms with Crippen LogP contribution in [0.25, 0.3) is 5.76 Å². The summed E-state index contributed by atoms with van der Waals surface area (Å²) in [6, 6.07) is 12.0. The molecular weight excluding hydrogens is 484 g/mol. The minimum absolute atomic E-state index is 0.00918. The van der Waals surface area contributed by atoms with E-state index in [1.54, 1.807) is 17.0 Å². The Morgan fingerprint density at radius 3 is 2.37 bits per heavy atom. The average molecular weight is 523 g/mol. The Balaban J connectivity index is 1.72. The molecule has 1 atom stereocenters. The molecule has 2 fully saturated rings. The highest BCUT2D eigenvalue weighted by molar-refractivity contribution is 6.46. The molecule has 8 heteroatoms. The van der Waals surface area contributed by atoms with Crippen LogP contribution in [0.4, 0.5) is 0 Å². The third-order valence-corrected chi connectivity index (χ3v) is 6.79. The first-order valence-corrected chi connectivity index (χ1v) is 13.4. The van der Waals surface area contributed by atoms with Crippen molar-refractivity contribution in [3.8, 4) is 11.5 Å². The van der Waals surface area contributed by atoms with Gasteiger partial charge in [0.25, 0.3) is 11.7 Å². The van der Waals surface area contributed by atoms with Gasteiger partial charge in [0, 0.05) is 31.7 Å². The molecule has 0 bridgehead atoms. The third kappa shape index (κ3) is 6.19. The number of aryl methyl sites for hydroxylation is 1. The van der Waals surface area contributed by atoms with Gasteiger partial charge < -0.3 is 24.2 Å². The first-order chi connectivity index (χ1) is 18.3. The monoisotopic (exact) mass is 522 g/mol. The molecule has 2 aliphatic rings. The van der Waals surface area contributed by atoms with Crippen LogP contribution < -0.4 is 9.47 Å². The first kappa shape index (κ1) is 27.7. The molecule has 0 spiro atoms. The molecule has 1 unspecified atom stereocenters. The summed E-state index contributed by atoms with van der Waals surface area (Å²) in [4.78, 5) is 30.5. The van der Waals surface area contributed by atoms with Gasteiger partial charge >= 0.3 is 0 Å². The van der Waals surface area contributed by atoms with Gasteiger partial charge in [0.1, 0.15) is 17.3 Å². The molecule has 4 rings (SSSR count). The van der Waals surface area contributed by atoms with Gasteiger partial charge in [-0.15, -0.1) is 0 Å². The highest BCUT2D eigenvalue weighted by atomic mass is 16.5. The lowest BCUT2D eigenvalue weighted by Crippen LogP contribution is -2.42. The quantitative estimate of drug-likeness (QED) is 0.282. The lowest BCUT2D eigenvalue weighted by atomic mass is 9.94. The number of hydrogen-bond donors (Lipinski definition) is 1. The van der Waals surface area contributed by atoms with Crippen molar-refractivity contribution in [3.63, 3.8) is 0 Å². The largest absolute Gasteiger partial charge is 0.507 e. The number of amides is 1. The Hall–Kier alpha value is -3.36. The Morgan fingerprint density at radius 2 is 1.74 bits per heavy atom. The van der Waals surface area contributed by atoms with Crippen LogP contribution >= 0.6 is 0 Å². The molecule has 0 aliphatic carbocycles. The Labute approximate surface area is 224 Å². The SMILES string of the molecule is CCCOc1ccc(C2C(=C(O)c3ccc(OC(C)C)cc3C)C(=O)C(=O)N2CCN2CCOCC2)cc1. The zero-order valence-corrected chi connectivity index (χ0v) is 22.7. The molecule has 2 aromatic carbocycles. The minimum Gasteiger partial charge on any atom is -0.507 e. The summed E-state index contributed by atoms with van der Waals surface area (Å²) >= 11 is 0. The van der Waals surface area contributed by atoms with E-state index >= 15 is 0 Å².